The maximum atomic E-state index is 13.0. The van der Waals surface area contributed by atoms with E-state index in [2.05, 4.69) is 15.9 Å². The van der Waals surface area contributed by atoms with Crippen LogP contribution in [-0.4, -0.2) is 21.0 Å². The summed E-state index contributed by atoms with van der Waals surface area (Å²) >= 11 is 15.9. The van der Waals surface area contributed by atoms with Gasteiger partial charge in [-0.05, 0) is 65.9 Å². The minimum atomic E-state index is -4.79. The largest absolute Gasteiger partial charge is 0.449 e. The molecule has 38 heavy (non-hydrogen) atoms. The number of hydrogen-bond donors (Lipinski definition) is 0. The highest BCUT2D eigenvalue weighted by molar-refractivity contribution is 9.10. The van der Waals surface area contributed by atoms with E-state index < -0.39 is 39.2 Å². The molecule has 0 spiro atoms. The highest BCUT2D eigenvalue weighted by Crippen LogP contribution is 2.41. The standard InChI is InChI=1S/C24H12BrCl2F3N2O5S/c25-15-3-6-19(37-20-5-2-14(24(28,29)30)10-18(20)32(35)36)13(8-15)9-21-22(33)31(23(34)38-21)11-12-1-4-16(26)17(27)7-12/h1-10H,11H2/b21-9-. The molecule has 1 aliphatic rings. The van der Waals surface area contributed by atoms with E-state index in [1.54, 1.807) is 18.2 Å². The molecule has 4 rings (SSSR count). The van der Waals surface area contributed by atoms with Crippen molar-refractivity contribution in [2.75, 3.05) is 0 Å². The van der Waals surface area contributed by atoms with Gasteiger partial charge >= 0.3 is 11.9 Å². The van der Waals surface area contributed by atoms with Gasteiger partial charge in [0, 0.05) is 16.1 Å². The van der Waals surface area contributed by atoms with Gasteiger partial charge in [-0.3, -0.25) is 24.6 Å². The van der Waals surface area contributed by atoms with E-state index in [-0.39, 0.29) is 27.8 Å². The van der Waals surface area contributed by atoms with Gasteiger partial charge in [0.2, 0.25) is 5.75 Å². The van der Waals surface area contributed by atoms with Gasteiger partial charge in [0.05, 0.1) is 32.0 Å². The molecular weight excluding hydrogens is 636 g/mol. The van der Waals surface area contributed by atoms with E-state index in [0.29, 0.717) is 39.0 Å². The zero-order chi connectivity index (χ0) is 27.8. The average molecular weight is 648 g/mol. The van der Waals surface area contributed by atoms with Crippen LogP contribution in [-0.2, 0) is 17.5 Å². The molecule has 1 saturated heterocycles. The first-order chi connectivity index (χ1) is 17.8. The molecule has 0 bridgehead atoms. The molecule has 0 radical (unpaired) electrons. The van der Waals surface area contributed by atoms with Crippen molar-refractivity contribution < 1.29 is 32.4 Å². The van der Waals surface area contributed by atoms with Crippen molar-refractivity contribution in [3.05, 3.63) is 101 Å². The van der Waals surface area contributed by atoms with Crippen LogP contribution in [0.3, 0.4) is 0 Å². The fourth-order valence-corrected chi connectivity index (χ4v) is 4.89. The van der Waals surface area contributed by atoms with Crippen molar-refractivity contribution in [1.29, 1.82) is 0 Å². The van der Waals surface area contributed by atoms with E-state index in [1.807, 2.05) is 0 Å². The number of carbonyl (C=O) groups excluding carboxylic acids is 2. The summed E-state index contributed by atoms with van der Waals surface area (Å²) in [6.07, 6.45) is -3.43. The Morgan fingerprint density at radius 2 is 1.74 bits per heavy atom. The number of rotatable bonds is 6. The lowest BCUT2D eigenvalue weighted by molar-refractivity contribution is -0.385. The molecule has 0 atom stereocenters. The maximum absolute atomic E-state index is 13.0. The minimum Gasteiger partial charge on any atom is -0.449 e. The minimum absolute atomic E-state index is 0.00680. The van der Waals surface area contributed by atoms with Gasteiger partial charge in [-0.2, -0.15) is 13.2 Å². The second kappa shape index (κ2) is 11.0. The highest BCUT2D eigenvalue weighted by atomic mass is 79.9. The Labute approximate surface area is 235 Å². The van der Waals surface area contributed by atoms with Crippen LogP contribution in [0.2, 0.25) is 10.0 Å². The maximum Gasteiger partial charge on any atom is 0.416 e. The molecule has 0 N–H and O–H groups in total. The summed E-state index contributed by atoms with van der Waals surface area (Å²) in [5, 5.41) is 11.5. The van der Waals surface area contributed by atoms with Crippen LogP contribution in [0.4, 0.5) is 23.7 Å². The Morgan fingerprint density at radius 3 is 2.39 bits per heavy atom. The van der Waals surface area contributed by atoms with Crippen molar-refractivity contribution in [2.24, 2.45) is 0 Å². The molecule has 1 heterocycles. The van der Waals surface area contributed by atoms with Crippen molar-refractivity contribution in [3.63, 3.8) is 0 Å². The number of hydrogen-bond acceptors (Lipinski definition) is 6. The van der Waals surface area contributed by atoms with Crippen LogP contribution < -0.4 is 4.74 Å². The highest BCUT2D eigenvalue weighted by Gasteiger charge is 2.36. The molecule has 7 nitrogen and oxygen atoms in total. The number of halogens is 6. The molecule has 0 unspecified atom stereocenters. The number of nitro benzene ring substituents is 1. The Morgan fingerprint density at radius 1 is 1.03 bits per heavy atom. The molecule has 1 fully saturated rings. The number of imide groups is 1. The smallest absolute Gasteiger partial charge is 0.416 e. The predicted molar refractivity (Wildman–Crippen MR) is 140 cm³/mol. The van der Waals surface area contributed by atoms with Gasteiger partial charge < -0.3 is 4.74 Å². The first-order valence-electron chi connectivity index (χ1n) is 10.4. The number of ether oxygens (including phenoxy) is 1. The third-order valence-electron chi connectivity index (χ3n) is 5.16. The Hall–Kier alpha value is -3.06. The summed E-state index contributed by atoms with van der Waals surface area (Å²) in [7, 11) is 0. The molecule has 2 amide bonds. The van der Waals surface area contributed by atoms with Gasteiger partial charge in [-0.15, -0.1) is 0 Å². The van der Waals surface area contributed by atoms with Gasteiger partial charge in [-0.1, -0.05) is 45.2 Å². The number of nitro groups is 1. The van der Waals surface area contributed by atoms with Crippen molar-refractivity contribution in [3.8, 4) is 11.5 Å². The molecule has 0 aromatic heterocycles. The third kappa shape index (κ3) is 6.15. The van der Waals surface area contributed by atoms with Crippen LogP contribution >= 0.6 is 50.9 Å². The molecular formula is C24H12BrCl2F3N2O5S. The fraction of sp³-hybridized carbons (Fsp3) is 0.0833. The topological polar surface area (TPSA) is 89.7 Å². The van der Waals surface area contributed by atoms with Crippen LogP contribution in [0.25, 0.3) is 6.08 Å². The second-order valence-corrected chi connectivity index (χ2v) is 10.5. The number of nitrogens with zero attached hydrogens (tertiary/aromatic N) is 2. The molecule has 3 aromatic rings. The molecule has 1 aliphatic heterocycles. The van der Waals surface area contributed by atoms with Crippen LogP contribution in [0.1, 0.15) is 16.7 Å². The number of benzene rings is 3. The summed E-state index contributed by atoms with van der Waals surface area (Å²) in [6.45, 7) is -0.0571. The lowest BCUT2D eigenvalue weighted by Crippen LogP contribution is -2.27. The van der Waals surface area contributed by atoms with E-state index in [9.17, 15) is 32.9 Å². The summed E-state index contributed by atoms with van der Waals surface area (Å²) < 4.78 is 45.3. The summed E-state index contributed by atoms with van der Waals surface area (Å²) in [5.74, 6) is -1.03. The van der Waals surface area contributed by atoms with E-state index in [0.717, 1.165) is 11.0 Å². The molecule has 0 saturated carbocycles. The van der Waals surface area contributed by atoms with Gasteiger partial charge in [0.25, 0.3) is 11.1 Å². The third-order valence-corrected chi connectivity index (χ3v) is 7.30. The monoisotopic (exact) mass is 646 g/mol. The van der Waals surface area contributed by atoms with E-state index >= 15 is 0 Å². The van der Waals surface area contributed by atoms with E-state index in [4.69, 9.17) is 27.9 Å². The number of carbonyl (C=O) groups is 2. The molecule has 14 heteroatoms. The quantitative estimate of drug-likeness (QED) is 0.151. The second-order valence-electron chi connectivity index (χ2n) is 7.74. The van der Waals surface area contributed by atoms with Gasteiger partial charge in [0.1, 0.15) is 5.75 Å². The Kier molecular flexibility index (Phi) is 8.07. The lowest BCUT2D eigenvalue weighted by atomic mass is 10.1. The summed E-state index contributed by atoms with van der Waals surface area (Å²) in [4.78, 5) is 37.1. The van der Waals surface area contributed by atoms with Crippen molar-refractivity contribution >= 4 is 73.8 Å². The first-order valence-corrected chi connectivity index (χ1v) is 12.7. The zero-order valence-corrected chi connectivity index (χ0v) is 22.5. The predicted octanol–water partition coefficient (Wildman–Crippen LogP) is 8.71. The van der Waals surface area contributed by atoms with Crippen LogP contribution in [0.15, 0.2) is 64.0 Å². The van der Waals surface area contributed by atoms with Gasteiger partial charge in [0.15, 0.2) is 0 Å². The number of amides is 2. The van der Waals surface area contributed by atoms with Crippen molar-refractivity contribution in [1.82, 2.24) is 4.90 Å². The van der Waals surface area contributed by atoms with Crippen molar-refractivity contribution in [2.45, 2.75) is 12.7 Å². The zero-order valence-electron chi connectivity index (χ0n) is 18.6. The SMILES string of the molecule is O=C1S/C(=C\c2cc(Br)ccc2Oc2ccc(C(F)(F)F)cc2[N+](=O)[O-])C(=O)N1Cc1ccc(Cl)c(Cl)c1. The number of thioether (sulfide) groups is 1. The molecule has 0 aliphatic carbocycles. The van der Waals surface area contributed by atoms with Gasteiger partial charge in [-0.25, -0.2) is 0 Å². The summed E-state index contributed by atoms with van der Waals surface area (Å²) in [6, 6.07) is 11.1. The molecule has 196 valence electrons. The number of alkyl halides is 3. The summed E-state index contributed by atoms with van der Waals surface area (Å²) in [5.41, 5.74) is -1.28. The average Bonchev–Trinajstić information content (AvgIpc) is 3.09. The normalized spacial score (nSPS) is 14.9. The Bertz CT molecular complexity index is 1520. The van der Waals surface area contributed by atoms with E-state index in [1.165, 1.54) is 24.3 Å². The molecule has 3 aromatic carbocycles. The van der Waals surface area contributed by atoms with Crippen LogP contribution in [0.5, 0.6) is 11.5 Å². The van der Waals surface area contributed by atoms with Crippen LogP contribution in [0, 0.1) is 10.1 Å². The first kappa shape index (κ1) is 28.0. The lowest BCUT2D eigenvalue weighted by Gasteiger charge is -2.13. The Balaban J connectivity index is 1.65. The fourth-order valence-electron chi connectivity index (χ4n) is 3.36.